The average Bonchev–Trinajstić information content (AvgIpc) is 2.50. The van der Waals surface area contributed by atoms with Crippen LogP contribution < -0.4 is 4.72 Å². The lowest BCUT2D eigenvalue weighted by atomic mass is 10.2. The third-order valence-corrected chi connectivity index (χ3v) is 5.08. The van der Waals surface area contributed by atoms with Crippen molar-refractivity contribution >= 4 is 49.2 Å². The van der Waals surface area contributed by atoms with E-state index < -0.39 is 16.0 Å². The lowest BCUT2D eigenvalue weighted by Gasteiger charge is -2.10. The molecule has 0 unspecified atom stereocenters. The van der Waals surface area contributed by atoms with Gasteiger partial charge in [0.2, 0.25) is 0 Å². The molecule has 1 N–H and O–H groups in total. The Hall–Kier alpha value is -1.57. The quantitative estimate of drug-likeness (QED) is 0.743. The SMILES string of the molecule is CCOC(=O)c1cc(S(=O)(=O)Nc2ccc(Br)cc2)ccc1Cl. The van der Waals surface area contributed by atoms with Crippen molar-refractivity contribution < 1.29 is 17.9 Å². The summed E-state index contributed by atoms with van der Waals surface area (Å²) in [7, 11) is -3.85. The molecule has 122 valence electrons. The average molecular weight is 419 g/mol. The number of halogens is 2. The van der Waals surface area contributed by atoms with E-state index in [2.05, 4.69) is 20.7 Å². The second-order valence-corrected chi connectivity index (χ2v) is 7.48. The van der Waals surface area contributed by atoms with Crippen molar-refractivity contribution in [1.29, 1.82) is 0 Å². The van der Waals surface area contributed by atoms with Gasteiger partial charge in [-0.05, 0) is 49.4 Å². The van der Waals surface area contributed by atoms with Crippen molar-refractivity contribution in [3.8, 4) is 0 Å². The topological polar surface area (TPSA) is 72.5 Å². The van der Waals surface area contributed by atoms with Crippen LogP contribution >= 0.6 is 27.5 Å². The molecule has 0 spiro atoms. The molecule has 0 atom stereocenters. The van der Waals surface area contributed by atoms with Gasteiger partial charge in [-0.25, -0.2) is 13.2 Å². The summed E-state index contributed by atoms with van der Waals surface area (Å²) < 4.78 is 33.0. The normalized spacial score (nSPS) is 11.1. The molecule has 2 aromatic rings. The first kappa shape index (κ1) is 17.8. The highest BCUT2D eigenvalue weighted by Gasteiger charge is 2.19. The van der Waals surface area contributed by atoms with Crippen molar-refractivity contribution in [2.24, 2.45) is 0 Å². The molecular weight excluding hydrogens is 406 g/mol. The maximum Gasteiger partial charge on any atom is 0.339 e. The summed E-state index contributed by atoms with van der Waals surface area (Å²) in [4.78, 5) is 11.7. The van der Waals surface area contributed by atoms with Crippen LogP contribution in [0.2, 0.25) is 5.02 Å². The van der Waals surface area contributed by atoms with E-state index >= 15 is 0 Å². The Labute approximate surface area is 147 Å². The molecule has 0 saturated carbocycles. The molecule has 2 rings (SSSR count). The third kappa shape index (κ3) is 4.46. The molecule has 5 nitrogen and oxygen atoms in total. The van der Waals surface area contributed by atoms with E-state index in [0.29, 0.717) is 5.69 Å². The van der Waals surface area contributed by atoms with Crippen molar-refractivity contribution in [2.75, 3.05) is 11.3 Å². The summed E-state index contributed by atoms with van der Waals surface area (Å²) in [6.07, 6.45) is 0. The largest absolute Gasteiger partial charge is 0.462 e. The molecule has 2 aromatic carbocycles. The number of esters is 1. The summed E-state index contributed by atoms with van der Waals surface area (Å²) in [6, 6.07) is 10.5. The van der Waals surface area contributed by atoms with Gasteiger partial charge in [-0.15, -0.1) is 0 Å². The van der Waals surface area contributed by atoms with Crippen molar-refractivity contribution in [3.63, 3.8) is 0 Å². The van der Waals surface area contributed by atoms with Crippen LogP contribution in [0.1, 0.15) is 17.3 Å². The van der Waals surface area contributed by atoms with Crippen LogP contribution in [0.15, 0.2) is 51.8 Å². The van der Waals surface area contributed by atoms with Crippen LogP contribution in [0, 0.1) is 0 Å². The van der Waals surface area contributed by atoms with Crippen molar-refractivity contribution in [3.05, 3.63) is 57.5 Å². The van der Waals surface area contributed by atoms with Crippen LogP contribution in [-0.4, -0.2) is 21.0 Å². The van der Waals surface area contributed by atoms with Gasteiger partial charge in [-0.3, -0.25) is 4.72 Å². The Morgan fingerprint density at radius 2 is 1.87 bits per heavy atom. The van der Waals surface area contributed by atoms with E-state index in [4.69, 9.17) is 16.3 Å². The Morgan fingerprint density at radius 3 is 2.48 bits per heavy atom. The van der Waals surface area contributed by atoms with Gasteiger partial charge in [0.1, 0.15) is 0 Å². The summed E-state index contributed by atoms with van der Waals surface area (Å²) >= 11 is 9.21. The van der Waals surface area contributed by atoms with Crippen molar-refractivity contribution in [1.82, 2.24) is 0 Å². The molecular formula is C15H13BrClNO4S. The summed E-state index contributed by atoms with van der Waals surface area (Å²) in [5.74, 6) is -0.668. The van der Waals surface area contributed by atoms with Crippen LogP contribution in [-0.2, 0) is 14.8 Å². The molecule has 0 aliphatic rings. The Balaban J connectivity index is 2.34. The highest BCUT2D eigenvalue weighted by Crippen LogP contribution is 2.24. The van der Waals surface area contributed by atoms with E-state index in [0.717, 1.165) is 4.47 Å². The van der Waals surface area contributed by atoms with Crippen LogP contribution in [0.25, 0.3) is 0 Å². The lowest BCUT2D eigenvalue weighted by Crippen LogP contribution is -2.14. The lowest BCUT2D eigenvalue weighted by molar-refractivity contribution is 0.0526. The predicted octanol–water partition coefficient (Wildman–Crippen LogP) is 4.08. The Morgan fingerprint density at radius 1 is 1.22 bits per heavy atom. The third-order valence-electron chi connectivity index (χ3n) is 2.84. The van der Waals surface area contributed by atoms with Crippen LogP contribution in [0.3, 0.4) is 0 Å². The fraction of sp³-hybridized carbons (Fsp3) is 0.133. The molecule has 23 heavy (non-hydrogen) atoms. The van der Waals surface area contributed by atoms with E-state index in [1.165, 1.54) is 18.2 Å². The second kappa shape index (κ2) is 7.33. The monoisotopic (exact) mass is 417 g/mol. The zero-order valence-corrected chi connectivity index (χ0v) is 15.2. The highest BCUT2D eigenvalue weighted by molar-refractivity contribution is 9.10. The molecule has 0 aliphatic carbocycles. The second-order valence-electron chi connectivity index (χ2n) is 4.47. The number of hydrogen-bond acceptors (Lipinski definition) is 4. The first-order chi connectivity index (χ1) is 10.8. The smallest absolute Gasteiger partial charge is 0.339 e. The van der Waals surface area contributed by atoms with Gasteiger partial charge in [0.25, 0.3) is 10.0 Å². The fourth-order valence-corrected chi connectivity index (χ4v) is 3.31. The van der Waals surface area contributed by atoms with E-state index in [1.807, 2.05) is 0 Å². The fourth-order valence-electron chi connectivity index (χ4n) is 1.77. The molecule has 0 aromatic heterocycles. The Bertz CT molecular complexity index is 822. The number of carbonyl (C=O) groups is 1. The molecule has 0 heterocycles. The minimum Gasteiger partial charge on any atom is -0.462 e. The molecule has 0 bridgehead atoms. The molecule has 0 saturated heterocycles. The molecule has 0 radical (unpaired) electrons. The molecule has 0 aliphatic heterocycles. The van der Waals surface area contributed by atoms with Gasteiger partial charge in [-0.2, -0.15) is 0 Å². The maximum atomic E-state index is 12.4. The zero-order chi connectivity index (χ0) is 17.0. The molecule has 0 amide bonds. The zero-order valence-electron chi connectivity index (χ0n) is 12.0. The molecule has 8 heteroatoms. The Kier molecular flexibility index (Phi) is 5.67. The van der Waals surface area contributed by atoms with E-state index in [9.17, 15) is 13.2 Å². The maximum absolute atomic E-state index is 12.4. The van der Waals surface area contributed by atoms with E-state index in [1.54, 1.807) is 31.2 Å². The first-order valence-corrected chi connectivity index (χ1v) is 9.24. The van der Waals surface area contributed by atoms with Gasteiger partial charge in [0.15, 0.2) is 0 Å². The standard InChI is InChI=1S/C15H13BrClNO4S/c1-2-22-15(19)13-9-12(7-8-14(13)17)23(20,21)18-11-5-3-10(16)4-6-11/h3-9,18H,2H2,1H3. The highest BCUT2D eigenvalue weighted by atomic mass is 79.9. The number of anilines is 1. The van der Waals surface area contributed by atoms with E-state index in [-0.39, 0.29) is 22.1 Å². The predicted molar refractivity (Wildman–Crippen MR) is 92.4 cm³/mol. The number of carbonyl (C=O) groups excluding carboxylic acids is 1. The minimum absolute atomic E-state index is 0.00666. The van der Waals surface area contributed by atoms with Gasteiger partial charge in [0.05, 0.1) is 22.1 Å². The van der Waals surface area contributed by atoms with Gasteiger partial charge in [0, 0.05) is 10.2 Å². The number of hydrogen-bond donors (Lipinski definition) is 1. The number of sulfonamides is 1. The van der Waals surface area contributed by atoms with Crippen LogP contribution in [0.4, 0.5) is 5.69 Å². The summed E-state index contributed by atoms with van der Waals surface area (Å²) in [5.41, 5.74) is 0.410. The number of benzene rings is 2. The van der Waals surface area contributed by atoms with Gasteiger partial charge >= 0.3 is 5.97 Å². The first-order valence-electron chi connectivity index (χ1n) is 6.58. The van der Waals surface area contributed by atoms with Gasteiger partial charge < -0.3 is 4.74 Å². The number of rotatable bonds is 5. The number of ether oxygens (including phenoxy) is 1. The summed E-state index contributed by atoms with van der Waals surface area (Å²) in [6.45, 7) is 1.82. The number of nitrogens with one attached hydrogen (secondary N) is 1. The van der Waals surface area contributed by atoms with Crippen molar-refractivity contribution in [2.45, 2.75) is 11.8 Å². The minimum atomic E-state index is -3.85. The summed E-state index contributed by atoms with van der Waals surface area (Å²) in [5, 5.41) is 0.131. The van der Waals surface area contributed by atoms with Crippen LogP contribution in [0.5, 0.6) is 0 Å². The molecule has 0 fully saturated rings. The van der Waals surface area contributed by atoms with Gasteiger partial charge in [-0.1, -0.05) is 27.5 Å².